The Balaban J connectivity index is 1.56. The molecule has 2 aromatic rings. The van der Waals surface area contributed by atoms with E-state index < -0.39 is 10.0 Å². The molecule has 4 rings (SSSR count). The molecule has 32 heavy (non-hydrogen) atoms. The van der Waals surface area contributed by atoms with Crippen LogP contribution in [0.5, 0.6) is 0 Å². The molecular formula is C24H31N3O4S. The Bertz CT molecular complexity index is 1010. The van der Waals surface area contributed by atoms with Gasteiger partial charge in [0.25, 0.3) is 0 Å². The van der Waals surface area contributed by atoms with E-state index in [1.807, 2.05) is 36.4 Å². The van der Waals surface area contributed by atoms with Crippen molar-refractivity contribution in [2.24, 2.45) is 0 Å². The number of sulfonamides is 1. The molecule has 172 valence electrons. The molecule has 0 unspecified atom stereocenters. The van der Waals surface area contributed by atoms with E-state index in [1.165, 1.54) is 10.7 Å². The van der Waals surface area contributed by atoms with E-state index in [9.17, 15) is 13.2 Å². The van der Waals surface area contributed by atoms with Crippen molar-refractivity contribution in [3.63, 3.8) is 0 Å². The summed E-state index contributed by atoms with van der Waals surface area (Å²) in [4.78, 5) is 15.2. The van der Waals surface area contributed by atoms with Crippen LogP contribution in [0.1, 0.15) is 31.2 Å². The van der Waals surface area contributed by atoms with Crippen LogP contribution in [-0.2, 0) is 26.0 Å². The van der Waals surface area contributed by atoms with Crippen molar-refractivity contribution in [1.29, 1.82) is 0 Å². The summed E-state index contributed by atoms with van der Waals surface area (Å²) in [6, 6.07) is 15.0. The first kappa shape index (κ1) is 22.8. The van der Waals surface area contributed by atoms with Crippen LogP contribution in [0.15, 0.2) is 53.4 Å². The van der Waals surface area contributed by atoms with Crippen molar-refractivity contribution in [3.05, 3.63) is 54.1 Å². The highest BCUT2D eigenvalue weighted by molar-refractivity contribution is 7.89. The van der Waals surface area contributed by atoms with E-state index in [-0.39, 0.29) is 10.8 Å². The fourth-order valence-corrected chi connectivity index (χ4v) is 5.67. The molecule has 0 bridgehead atoms. The number of nitrogens with zero attached hydrogens (tertiary/aromatic N) is 2. The number of carbonyl (C=O) groups excluding carboxylic acids is 1. The number of hydrogen-bond donors (Lipinski definition) is 1. The lowest BCUT2D eigenvalue weighted by atomic mass is 10.1. The molecule has 1 N–H and O–H groups in total. The quantitative estimate of drug-likeness (QED) is 0.690. The van der Waals surface area contributed by atoms with Gasteiger partial charge in [-0.2, -0.15) is 4.31 Å². The third-order valence-corrected chi connectivity index (χ3v) is 7.92. The Morgan fingerprint density at radius 2 is 1.66 bits per heavy atom. The van der Waals surface area contributed by atoms with Crippen molar-refractivity contribution in [1.82, 2.24) is 4.31 Å². The Morgan fingerprint density at radius 1 is 0.938 bits per heavy atom. The molecule has 8 heteroatoms. The van der Waals surface area contributed by atoms with Gasteiger partial charge in [-0.15, -0.1) is 0 Å². The van der Waals surface area contributed by atoms with Crippen molar-refractivity contribution >= 4 is 27.3 Å². The first-order valence-electron chi connectivity index (χ1n) is 11.3. The summed E-state index contributed by atoms with van der Waals surface area (Å²) in [7, 11) is -3.64. The summed E-state index contributed by atoms with van der Waals surface area (Å²) < 4.78 is 33.1. The molecule has 0 radical (unpaired) electrons. The molecule has 0 aromatic heterocycles. The van der Waals surface area contributed by atoms with Crippen LogP contribution in [0.3, 0.4) is 0 Å². The van der Waals surface area contributed by atoms with Gasteiger partial charge in [-0.25, -0.2) is 8.42 Å². The van der Waals surface area contributed by atoms with E-state index in [0.717, 1.165) is 37.2 Å². The molecule has 2 aliphatic heterocycles. The number of carbonyl (C=O) groups is 1. The smallest absolute Gasteiger partial charge is 0.243 e. The molecule has 0 spiro atoms. The number of nitrogens with one attached hydrogen (secondary N) is 1. The Morgan fingerprint density at radius 3 is 2.38 bits per heavy atom. The van der Waals surface area contributed by atoms with Gasteiger partial charge < -0.3 is 15.0 Å². The fraction of sp³-hybridized carbons (Fsp3) is 0.458. The van der Waals surface area contributed by atoms with Crippen LogP contribution >= 0.6 is 0 Å². The maximum atomic E-state index is 13.2. The molecule has 1 amide bonds. The number of anilines is 2. The second-order valence-electron chi connectivity index (χ2n) is 8.28. The number of rotatable bonds is 7. The number of hydrogen-bond acceptors (Lipinski definition) is 5. The lowest BCUT2D eigenvalue weighted by molar-refractivity contribution is -0.116. The Kier molecular flexibility index (Phi) is 7.44. The first-order valence-corrected chi connectivity index (χ1v) is 12.8. The number of ether oxygens (including phenoxy) is 1. The maximum absolute atomic E-state index is 13.2. The number of aryl methyl sites for hydroxylation is 1. The molecule has 0 saturated carbocycles. The number of piperidine rings is 1. The Labute approximate surface area is 190 Å². The van der Waals surface area contributed by atoms with Crippen LogP contribution in [-0.4, -0.2) is 58.0 Å². The van der Waals surface area contributed by atoms with Crippen molar-refractivity contribution in [2.75, 3.05) is 49.6 Å². The normalized spacial score (nSPS) is 17.8. The lowest BCUT2D eigenvalue weighted by Gasteiger charge is -2.31. The van der Waals surface area contributed by atoms with E-state index >= 15 is 0 Å². The van der Waals surface area contributed by atoms with Crippen LogP contribution in [0.25, 0.3) is 0 Å². The summed E-state index contributed by atoms with van der Waals surface area (Å²) in [6.07, 6.45) is 4.35. The minimum atomic E-state index is -3.64. The van der Waals surface area contributed by atoms with E-state index in [1.54, 1.807) is 12.1 Å². The average Bonchev–Trinajstić information content (AvgIpc) is 2.84. The summed E-state index contributed by atoms with van der Waals surface area (Å²) in [5, 5.41) is 3.01. The molecule has 7 nitrogen and oxygen atoms in total. The zero-order chi connectivity index (χ0) is 22.4. The molecule has 0 aliphatic carbocycles. The van der Waals surface area contributed by atoms with Crippen molar-refractivity contribution in [2.45, 2.75) is 37.0 Å². The SMILES string of the molecule is O=C(CCc1ccccc1)Nc1cc(S(=O)(=O)N2CCOCC2)ccc1N1CCCCC1. The summed E-state index contributed by atoms with van der Waals surface area (Å²) >= 11 is 0. The standard InChI is InChI=1S/C24H31N3O4S/c28-24(12-9-20-7-3-1-4-8-20)25-22-19-21(32(29,30)27-15-17-31-18-16-27)10-11-23(22)26-13-5-2-6-14-26/h1,3-4,7-8,10-11,19H,2,5-6,9,12-18H2,(H,25,28). The predicted molar refractivity (Wildman–Crippen MR) is 125 cm³/mol. The van der Waals surface area contributed by atoms with Gasteiger partial charge in [0.15, 0.2) is 0 Å². The second kappa shape index (κ2) is 10.5. The minimum Gasteiger partial charge on any atom is -0.379 e. The van der Waals surface area contributed by atoms with Gasteiger partial charge in [0.1, 0.15) is 0 Å². The second-order valence-corrected chi connectivity index (χ2v) is 10.2. The molecular weight excluding hydrogens is 426 g/mol. The van der Waals surface area contributed by atoms with E-state index in [4.69, 9.17) is 4.74 Å². The fourth-order valence-electron chi connectivity index (χ4n) is 4.24. The van der Waals surface area contributed by atoms with Crippen molar-refractivity contribution < 1.29 is 17.9 Å². The largest absolute Gasteiger partial charge is 0.379 e. The maximum Gasteiger partial charge on any atom is 0.243 e. The molecule has 2 aliphatic rings. The lowest BCUT2D eigenvalue weighted by Crippen LogP contribution is -2.40. The average molecular weight is 458 g/mol. The van der Waals surface area contributed by atoms with Gasteiger partial charge in [0, 0.05) is 32.6 Å². The Hall–Kier alpha value is -2.42. The van der Waals surface area contributed by atoms with Crippen LogP contribution in [0.4, 0.5) is 11.4 Å². The van der Waals surface area contributed by atoms with Gasteiger partial charge in [0.2, 0.25) is 15.9 Å². The minimum absolute atomic E-state index is 0.118. The highest BCUT2D eigenvalue weighted by atomic mass is 32.2. The van der Waals surface area contributed by atoms with Crippen LogP contribution in [0.2, 0.25) is 0 Å². The molecule has 0 atom stereocenters. The zero-order valence-corrected chi connectivity index (χ0v) is 19.1. The van der Waals surface area contributed by atoms with Gasteiger partial charge in [0.05, 0.1) is 29.5 Å². The molecule has 2 saturated heterocycles. The van der Waals surface area contributed by atoms with Gasteiger partial charge in [-0.05, 0) is 49.4 Å². The third-order valence-electron chi connectivity index (χ3n) is 6.03. The van der Waals surface area contributed by atoms with Gasteiger partial charge in [-0.1, -0.05) is 30.3 Å². The number of benzene rings is 2. The number of amides is 1. The highest BCUT2D eigenvalue weighted by Gasteiger charge is 2.28. The molecule has 2 aromatic carbocycles. The van der Waals surface area contributed by atoms with Gasteiger partial charge >= 0.3 is 0 Å². The van der Waals surface area contributed by atoms with Crippen molar-refractivity contribution in [3.8, 4) is 0 Å². The predicted octanol–water partition coefficient (Wildman–Crippen LogP) is 3.27. The first-order chi connectivity index (χ1) is 15.5. The third kappa shape index (κ3) is 5.49. The summed E-state index contributed by atoms with van der Waals surface area (Å²) in [5.41, 5.74) is 2.56. The van der Waals surface area contributed by atoms with E-state index in [2.05, 4.69) is 10.2 Å². The monoisotopic (exact) mass is 457 g/mol. The summed E-state index contributed by atoms with van der Waals surface area (Å²) in [5.74, 6) is -0.118. The highest BCUT2D eigenvalue weighted by Crippen LogP contribution is 2.32. The topological polar surface area (TPSA) is 79.0 Å². The van der Waals surface area contributed by atoms with Crippen LogP contribution in [0, 0.1) is 0 Å². The van der Waals surface area contributed by atoms with E-state index in [0.29, 0.717) is 44.8 Å². The van der Waals surface area contributed by atoms with Crippen LogP contribution < -0.4 is 10.2 Å². The molecule has 2 fully saturated rings. The summed E-state index contributed by atoms with van der Waals surface area (Å²) in [6.45, 7) is 3.29. The zero-order valence-electron chi connectivity index (χ0n) is 18.3. The molecule has 2 heterocycles. The van der Waals surface area contributed by atoms with Gasteiger partial charge in [-0.3, -0.25) is 4.79 Å². The number of morpholine rings is 1.